The van der Waals surface area contributed by atoms with Crippen LogP contribution in [0.2, 0.25) is 0 Å². The highest BCUT2D eigenvalue weighted by Gasteiger charge is 2.33. The van der Waals surface area contributed by atoms with Crippen molar-refractivity contribution >= 4 is 17.9 Å². The minimum absolute atomic E-state index is 0.115. The quantitative estimate of drug-likeness (QED) is 0.206. The topological polar surface area (TPSA) is 119 Å². The number of hydrogen-bond acceptors (Lipinski definition) is 8. The van der Waals surface area contributed by atoms with Crippen molar-refractivity contribution in [1.82, 2.24) is 0 Å². The third-order valence-electron chi connectivity index (χ3n) is 3.31. The molecule has 0 aliphatic carbocycles. The van der Waals surface area contributed by atoms with Gasteiger partial charge < -0.3 is 24.4 Å². The lowest BCUT2D eigenvalue weighted by Crippen LogP contribution is -2.41. The highest BCUT2D eigenvalue weighted by Crippen LogP contribution is 2.21. The van der Waals surface area contributed by atoms with Crippen LogP contribution in [0.3, 0.4) is 0 Å². The third-order valence-corrected chi connectivity index (χ3v) is 3.31. The lowest BCUT2D eigenvalue weighted by atomic mass is 9.92. The summed E-state index contributed by atoms with van der Waals surface area (Å²) in [7, 11) is 0. The molecule has 160 valence electrons. The summed E-state index contributed by atoms with van der Waals surface area (Å²) in [6.45, 7) is 8.50. The number of carbonyl (C=O) groups excluding carboxylic acids is 3. The average Bonchev–Trinajstić information content (AvgIpc) is 2.55. The van der Waals surface area contributed by atoms with Crippen LogP contribution in [0.5, 0.6) is 0 Å². The molecule has 0 aromatic carbocycles. The molecule has 0 radical (unpaired) electrons. The maximum Gasteiger partial charge on any atom is 0.307 e. The summed E-state index contributed by atoms with van der Waals surface area (Å²) in [5.41, 5.74) is -0.775. The Labute approximate surface area is 170 Å². The number of rotatable bonds is 8. The van der Waals surface area contributed by atoms with Gasteiger partial charge in [0.05, 0.1) is 12.4 Å². The zero-order valence-electron chi connectivity index (χ0n) is 17.5. The van der Waals surface area contributed by atoms with Gasteiger partial charge in [-0.2, -0.15) is 0 Å². The third kappa shape index (κ3) is 12.2. The fraction of sp³-hybridized carbons (Fsp3) is 0.476. The predicted molar refractivity (Wildman–Crippen MR) is 105 cm³/mol. The van der Waals surface area contributed by atoms with Crippen LogP contribution in [0.1, 0.15) is 48.0 Å². The minimum Gasteiger partial charge on any atom is -0.457 e. The van der Waals surface area contributed by atoms with Crippen LogP contribution < -0.4 is 0 Å². The normalized spacial score (nSPS) is 15.2. The summed E-state index contributed by atoms with van der Waals surface area (Å²) in [5.74, 6) is 3.30. The number of carbonyl (C=O) groups is 3. The van der Waals surface area contributed by atoms with Crippen LogP contribution in [-0.4, -0.2) is 45.9 Å². The van der Waals surface area contributed by atoms with E-state index in [1.54, 1.807) is 6.08 Å². The van der Waals surface area contributed by atoms with Crippen LogP contribution in [0.25, 0.3) is 0 Å². The number of ether oxygens (including phenoxy) is 3. The second-order valence-corrected chi connectivity index (χ2v) is 6.63. The molecule has 0 bridgehead atoms. The fourth-order valence-electron chi connectivity index (χ4n) is 1.88. The summed E-state index contributed by atoms with van der Waals surface area (Å²) in [6.07, 6.45) is 2.04. The van der Waals surface area contributed by atoms with Crippen molar-refractivity contribution in [2.45, 2.75) is 65.8 Å². The molecule has 8 heteroatoms. The van der Waals surface area contributed by atoms with Crippen molar-refractivity contribution < 1.29 is 38.8 Å². The van der Waals surface area contributed by atoms with Crippen LogP contribution in [-0.2, 0) is 28.6 Å². The Balaban J connectivity index is 5.75. The van der Waals surface area contributed by atoms with Crippen molar-refractivity contribution in [3.8, 4) is 11.8 Å². The van der Waals surface area contributed by atoms with E-state index in [-0.39, 0.29) is 12.0 Å². The molecule has 0 spiro atoms. The van der Waals surface area contributed by atoms with Crippen molar-refractivity contribution in [3.05, 3.63) is 35.8 Å². The molecule has 29 heavy (non-hydrogen) atoms. The smallest absolute Gasteiger partial charge is 0.307 e. The average molecular weight is 408 g/mol. The molecule has 0 amide bonds. The van der Waals surface area contributed by atoms with Crippen LogP contribution >= 0.6 is 0 Å². The first-order chi connectivity index (χ1) is 13.3. The van der Waals surface area contributed by atoms with Gasteiger partial charge in [0.25, 0.3) is 0 Å². The SMILES string of the molecule is CC(=O)O/C=C(/C=C/OC(C)=O)[C@H](C[C@@H](O)C(C)(O)C#CC=C(C)C)OC(C)=O. The van der Waals surface area contributed by atoms with Gasteiger partial charge in [0.1, 0.15) is 18.0 Å². The van der Waals surface area contributed by atoms with Gasteiger partial charge in [-0.1, -0.05) is 17.4 Å². The largest absolute Gasteiger partial charge is 0.457 e. The Morgan fingerprint density at radius 2 is 1.62 bits per heavy atom. The van der Waals surface area contributed by atoms with Gasteiger partial charge in [-0.05, 0) is 32.9 Å². The Morgan fingerprint density at radius 1 is 1.03 bits per heavy atom. The number of esters is 3. The molecular weight excluding hydrogens is 380 g/mol. The van der Waals surface area contributed by atoms with E-state index in [2.05, 4.69) is 11.8 Å². The highest BCUT2D eigenvalue weighted by atomic mass is 16.6. The molecular formula is C21H28O8. The van der Waals surface area contributed by atoms with E-state index in [1.165, 1.54) is 26.8 Å². The highest BCUT2D eigenvalue weighted by molar-refractivity contribution is 5.68. The number of aliphatic hydroxyl groups excluding tert-OH is 1. The number of allylic oxidation sites excluding steroid dienone is 2. The molecule has 0 saturated heterocycles. The number of hydrogen-bond donors (Lipinski definition) is 2. The molecule has 0 saturated carbocycles. The van der Waals surface area contributed by atoms with Gasteiger partial charge in [0, 0.05) is 32.8 Å². The van der Waals surface area contributed by atoms with Crippen LogP contribution in [0, 0.1) is 11.8 Å². The first-order valence-corrected chi connectivity index (χ1v) is 8.80. The molecule has 8 nitrogen and oxygen atoms in total. The van der Waals surface area contributed by atoms with Crippen molar-refractivity contribution in [1.29, 1.82) is 0 Å². The van der Waals surface area contributed by atoms with Gasteiger partial charge in [-0.3, -0.25) is 14.4 Å². The monoisotopic (exact) mass is 408 g/mol. The Morgan fingerprint density at radius 3 is 2.10 bits per heavy atom. The van der Waals surface area contributed by atoms with E-state index < -0.39 is 35.7 Å². The zero-order valence-corrected chi connectivity index (χ0v) is 17.5. The van der Waals surface area contributed by atoms with Gasteiger partial charge in [-0.25, -0.2) is 0 Å². The van der Waals surface area contributed by atoms with E-state index in [0.717, 1.165) is 25.0 Å². The maximum atomic E-state index is 11.5. The first kappa shape index (κ1) is 26.1. The summed E-state index contributed by atoms with van der Waals surface area (Å²) >= 11 is 0. The molecule has 3 atom stereocenters. The van der Waals surface area contributed by atoms with E-state index >= 15 is 0 Å². The standard InChI is InChI=1S/C21H28O8/c1-14(2)8-7-10-21(6,26)20(25)12-19(29-17(5)24)18(13-28-16(4)23)9-11-27-15(3)22/h8-9,11,13,19-20,25-26H,12H2,1-6H3/b11-9+,18-13-/t19-,20+,21?/m0/s1. The summed E-state index contributed by atoms with van der Waals surface area (Å²) in [5, 5.41) is 20.9. The molecule has 2 N–H and O–H groups in total. The van der Waals surface area contributed by atoms with Gasteiger partial charge in [0.15, 0.2) is 0 Å². The summed E-state index contributed by atoms with van der Waals surface area (Å²) in [4.78, 5) is 33.6. The second kappa shape index (κ2) is 12.5. The van der Waals surface area contributed by atoms with Crippen LogP contribution in [0.4, 0.5) is 0 Å². The molecule has 0 rings (SSSR count). The zero-order chi connectivity index (χ0) is 22.6. The van der Waals surface area contributed by atoms with E-state index in [1.807, 2.05) is 13.8 Å². The van der Waals surface area contributed by atoms with Crippen molar-refractivity contribution in [3.63, 3.8) is 0 Å². The molecule has 0 aliphatic rings. The van der Waals surface area contributed by atoms with Gasteiger partial charge in [0.2, 0.25) is 0 Å². The number of aliphatic hydroxyl groups is 2. The van der Waals surface area contributed by atoms with Gasteiger partial charge in [-0.15, -0.1) is 0 Å². The Hall–Kier alpha value is -2.89. The molecule has 0 aliphatic heterocycles. The molecule has 0 aromatic rings. The lowest BCUT2D eigenvalue weighted by Gasteiger charge is -2.27. The molecule has 0 heterocycles. The Kier molecular flexibility index (Phi) is 11.3. The fourth-order valence-corrected chi connectivity index (χ4v) is 1.88. The molecule has 0 fully saturated rings. The van der Waals surface area contributed by atoms with Crippen LogP contribution in [0.15, 0.2) is 35.8 Å². The first-order valence-electron chi connectivity index (χ1n) is 8.80. The van der Waals surface area contributed by atoms with Gasteiger partial charge >= 0.3 is 17.9 Å². The summed E-state index contributed by atoms with van der Waals surface area (Å²) in [6, 6.07) is 0. The Bertz CT molecular complexity index is 742. The van der Waals surface area contributed by atoms with E-state index in [0.29, 0.717) is 0 Å². The van der Waals surface area contributed by atoms with E-state index in [4.69, 9.17) is 14.2 Å². The molecule has 0 aromatic heterocycles. The molecule has 1 unspecified atom stereocenters. The van der Waals surface area contributed by atoms with Crippen molar-refractivity contribution in [2.24, 2.45) is 0 Å². The maximum absolute atomic E-state index is 11.5. The minimum atomic E-state index is -1.81. The lowest BCUT2D eigenvalue weighted by molar-refractivity contribution is -0.147. The predicted octanol–water partition coefficient (Wildman–Crippen LogP) is 1.91. The van der Waals surface area contributed by atoms with Crippen molar-refractivity contribution in [2.75, 3.05) is 0 Å². The summed E-state index contributed by atoms with van der Waals surface area (Å²) < 4.78 is 14.7. The van der Waals surface area contributed by atoms with E-state index in [9.17, 15) is 24.6 Å². The second-order valence-electron chi connectivity index (χ2n) is 6.63.